The number of halogens is 1. The average Bonchev–Trinajstić information content (AvgIpc) is 3.64. The van der Waals surface area contributed by atoms with Crippen molar-refractivity contribution in [2.24, 2.45) is 0 Å². The minimum absolute atomic E-state index is 0.0918. The predicted molar refractivity (Wildman–Crippen MR) is 143 cm³/mol. The molecular weight excluding hydrogens is 497 g/mol. The van der Waals surface area contributed by atoms with Crippen LogP contribution in [0.4, 0.5) is 10.1 Å². The summed E-state index contributed by atoms with van der Waals surface area (Å²) in [6.07, 6.45) is 4.62. The zero-order chi connectivity index (χ0) is 26.8. The summed E-state index contributed by atoms with van der Waals surface area (Å²) in [5, 5.41) is 18.6. The second-order valence-corrected chi connectivity index (χ2v) is 11.6. The lowest BCUT2D eigenvalue weighted by atomic mass is 9.97. The molecule has 39 heavy (non-hydrogen) atoms. The highest BCUT2D eigenvalue weighted by molar-refractivity contribution is 5.78. The first-order chi connectivity index (χ1) is 18.9. The Bertz CT molecular complexity index is 1480. The van der Waals surface area contributed by atoms with Crippen molar-refractivity contribution < 1.29 is 9.18 Å². The van der Waals surface area contributed by atoms with Crippen LogP contribution in [0.1, 0.15) is 55.4 Å². The third-order valence-corrected chi connectivity index (χ3v) is 9.04. The molecule has 3 aliphatic heterocycles. The number of rotatable bonds is 4. The fraction of sp³-hybridized carbons (Fsp3) is 0.571. The minimum atomic E-state index is -0.432. The molecule has 0 aromatic carbocycles. The first kappa shape index (κ1) is 24.5. The SMILES string of the molecule is C[C@@H]1CN(c2ccc(C#N)n3ncc(F)c23)Cc2c3c(nn21)CN(CC(=O)N1CCN(C2CC2)CC1)[C@@H](C)C3. The number of amides is 1. The normalized spacial score (nSPS) is 24.1. The first-order valence-corrected chi connectivity index (χ1v) is 14.1. The van der Waals surface area contributed by atoms with E-state index in [-0.39, 0.29) is 18.0 Å². The van der Waals surface area contributed by atoms with Crippen molar-refractivity contribution in [3.63, 3.8) is 0 Å². The molecule has 3 aromatic heterocycles. The molecule has 204 valence electrons. The van der Waals surface area contributed by atoms with Crippen molar-refractivity contribution in [1.82, 2.24) is 34.1 Å². The number of piperazine rings is 1. The monoisotopic (exact) mass is 531 g/mol. The van der Waals surface area contributed by atoms with Gasteiger partial charge < -0.3 is 9.80 Å². The summed E-state index contributed by atoms with van der Waals surface area (Å²) in [7, 11) is 0. The van der Waals surface area contributed by atoms with E-state index in [0.29, 0.717) is 37.4 Å². The van der Waals surface area contributed by atoms with Crippen LogP contribution >= 0.6 is 0 Å². The van der Waals surface area contributed by atoms with E-state index in [0.717, 1.165) is 55.7 Å². The Labute approximate surface area is 227 Å². The summed E-state index contributed by atoms with van der Waals surface area (Å²) in [5.41, 5.74) is 4.82. The molecule has 3 aromatic rings. The van der Waals surface area contributed by atoms with Crippen LogP contribution in [-0.4, -0.2) is 91.4 Å². The molecule has 4 aliphatic rings. The molecule has 1 aliphatic carbocycles. The summed E-state index contributed by atoms with van der Waals surface area (Å²) < 4.78 is 18.3. The van der Waals surface area contributed by atoms with Crippen LogP contribution in [0.15, 0.2) is 18.3 Å². The van der Waals surface area contributed by atoms with Crippen LogP contribution in [0, 0.1) is 17.1 Å². The van der Waals surface area contributed by atoms with Gasteiger partial charge in [-0.2, -0.15) is 15.5 Å². The Balaban J connectivity index is 1.09. The lowest BCUT2D eigenvalue weighted by Gasteiger charge is -2.38. The van der Waals surface area contributed by atoms with Crippen molar-refractivity contribution in [2.75, 3.05) is 44.2 Å². The molecule has 0 N–H and O–H groups in total. The molecule has 2 atom stereocenters. The van der Waals surface area contributed by atoms with Gasteiger partial charge in [0.1, 0.15) is 17.3 Å². The van der Waals surface area contributed by atoms with Gasteiger partial charge in [0.15, 0.2) is 5.82 Å². The fourth-order valence-corrected chi connectivity index (χ4v) is 6.70. The molecule has 0 bridgehead atoms. The van der Waals surface area contributed by atoms with Gasteiger partial charge in [-0.1, -0.05) is 0 Å². The summed E-state index contributed by atoms with van der Waals surface area (Å²) in [5.74, 6) is -0.212. The highest BCUT2D eigenvalue weighted by atomic mass is 19.1. The van der Waals surface area contributed by atoms with Gasteiger partial charge in [-0.15, -0.1) is 0 Å². The van der Waals surface area contributed by atoms with E-state index in [1.807, 2.05) is 11.0 Å². The topological polar surface area (TPSA) is 88.9 Å². The third kappa shape index (κ3) is 4.17. The highest BCUT2D eigenvalue weighted by Gasteiger charge is 2.36. The quantitative estimate of drug-likeness (QED) is 0.510. The van der Waals surface area contributed by atoms with Gasteiger partial charge in [-0.25, -0.2) is 8.91 Å². The Hall–Kier alpha value is -3.49. The van der Waals surface area contributed by atoms with E-state index < -0.39 is 5.82 Å². The van der Waals surface area contributed by atoms with Crippen LogP contribution < -0.4 is 4.90 Å². The van der Waals surface area contributed by atoms with Crippen molar-refractivity contribution in [3.05, 3.63) is 46.8 Å². The minimum Gasteiger partial charge on any atom is -0.362 e. The lowest BCUT2D eigenvalue weighted by Crippen LogP contribution is -2.53. The summed E-state index contributed by atoms with van der Waals surface area (Å²) >= 11 is 0. The van der Waals surface area contributed by atoms with Gasteiger partial charge in [0.05, 0.1) is 42.4 Å². The molecule has 6 heterocycles. The largest absolute Gasteiger partial charge is 0.362 e. The van der Waals surface area contributed by atoms with E-state index in [4.69, 9.17) is 5.10 Å². The fourth-order valence-electron chi connectivity index (χ4n) is 6.70. The summed E-state index contributed by atoms with van der Waals surface area (Å²) in [4.78, 5) is 22.2. The standard InChI is InChI=1S/C28H34FN9O/c1-18-11-22-24(15-35(18)17-27(39)34-9-7-33(8-10-34)20-3-4-20)32-37-19(2)14-36(16-26(22)37)25-6-5-21(12-30)38-28(25)23(29)13-31-38/h5-6,13,18-20H,3-4,7-11,14-17H2,1-2H3/t18-,19+/m0/s1. The molecule has 10 nitrogen and oxygen atoms in total. The van der Waals surface area contributed by atoms with Crippen molar-refractivity contribution in [3.8, 4) is 6.07 Å². The Kier molecular flexibility index (Phi) is 5.86. The number of hydrogen-bond donors (Lipinski definition) is 0. The number of pyridine rings is 1. The number of anilines is 1. The van der Waals surface area contributed by atoms with E-state index in [1.54, 1.807) is 6.07 Å². The number of nitrogens with zero attached hydrogens (tertiary/aromatic N) is 9. The Morgan fingerprint density at radius 2 is 1.92 bits per heavy atom. The van der Waals surface area contributed by atoms with Crippen molar-refractivity contribution in [1.29, 1.82) is 5.26 Å². The number of carbonyl (C=O) groups is 1. The number of fused-ring (bicyclic) bond motifs is 4. The second-order valence-electron chi connectivity index (χ2n) is 11.6. The van der Waals surface area contributed by atoms with Crippen LogP contribution in [0.2, 0.25) is 0 Å². The predicted octanol–water partition coefficient (Wildman–Crippen LogP) is 2.18. The lowest BCUT2D eigenvalue weighted by molar-refractivity contribution is -0.135. The van der Waals surface area contributed by atoms with Crippen LogP contribution in [0.3, 0.4) is 0 Å². The van der Waals surface area contributed by atoms with Gasteiger partial charge >= 0.3 is 0 Å². The van der Waals surface area contributed by atoms with Gasteiger partial charge in [-0.05, 0) is 45.2 Å². The zero-order valence-corrected chi connectivity index (χ0v) is 22.6. The summed E-state index contributed by atoms with van der Waals surface area (Å²) in [6.45, 7) is 10.3. The highest BCUT2D eigenvalue weighted by Crippen LogP contribution is 2.35. The molecule has 0 unspecified atom stereocenters. The molecule has 2 fully saturated rings. The van der Waals surface area contributed by atoms with Gasteiger partial charge in [0.2, 0.25) is 5.91 Å². The Morgan fingerprint density at radius 3 is 2.67 bits per heavy atom. The zero-order valence-electron chi connectivity index (χ0n) is 22.6. The molecule has 0 radical (unpaired) electrons. The van der Waals surface area contributed by atoms with Crippen LogP contribution in [0.5, 0.6) is 0 Å². The van der Waals surface area contributed by atoms with E-state index in [1.165, 1.54) is 29.1 Å². The maximum atomic E-state index is 14.8. The van der Waals surface area contributed by atoms with E-state index in [2.05, 4.69) is 44.4 Å². The van der Waals surface area contributed by atoms with E-state index in [9.17, 15) is 14.4 Å². The molecule has 1 saturated carbocycles. The van der Waals surface area contributed by atoms with Gasteiger partial charge in [0, 0.05) is 56.9 Å². The smallest absolute Gasteiger partial charge is 0.236 e. The van der Waals surface area contributed by atoms with Gasteiger partial charge in [-0.3, -0.25) is 19.3 Å². The first-order valence-electron chi connectivity index (χ1n) is 14.1. The van der Waals surface area contributed by atoms with Crippen molar-refractivity contribution in [2.45, 2.75) is 64.3 Å². The average molecular weight is 532 g/mol. The molecule has 1 saturated heterocycles. The molecule has 1 amide bonds. The number of aromatic nitrogens is 4. The number of carbonyl (C=O) groups excluding carboxylic acids is 1. The Morgan fingerprint density at radius 1 is 1.13 bits per heavy atom. The molecule has 11 heteroatoms. The van der Waals surface area contributed by atoms with Gasteiger partial charge in [0.25, 0.3) is 0 Å². The van der Waals surface area contributed by atoms with E-state index >= 15 is 0 Å². The molecule has 0 spiro atoms. The van der Waals surface area contributed by atoms with Crippen LogP contribution in [-0.2, 0) is 24.3 Å². The molecule has 7 rings (SSSR count). The molecular formula is C28H34FN9O. The maximum Gasteiger partial charge on any atom is 0.236 e. The number of nitriles is 1. The maximum absolute atomic E-state index is 14.8. The summed E-state index contributed by atoms with van der Waals surface area (Å²) in [6, 6.07) is 6.69. The number of hydrogen-bond acceptors (Lipinski definition) is 7. The second kappa shape index (κ2) is 9.31. The third-order valence-electron chi connectivity index (χ3n) is 9.04. The van der Waals surface area contributed by atoms with Crippen LogP contribution in [0.25, 0.3) is 5.52 Å². The van der Waals surface area contributed by atoms with Crippen molar-refractivity contribution >= 4 is 17.1 Å².